The van der Waals surface area contributed by atoms with E-state index >= 15 is 0 Å². The number of hydrogen-bond donors (Lipinski definition) is 2. The van der Waals surface area contributed by atoms with Gasteiger partial charge in [-0.05, 0) is 30.7 Å². The molecule has 0 aliphatic carbocycles. The quantitative estimate of drug-likeness (QED) is 0.781. The molecule has 1 amide bonds. The zero-order valence-corrected chi connectivity index (χ0v) is 14.0. The van der Waals surface area contributed by atoms with Gasteiger partial charge in [-0.3, -0.25) is 9.52 Å². The number of rotatable bonds is 6. The van der Waals surface area contributed by atoms with Crippen molar-refractivity contribution in [1.82, 2.24) is 10.3 Å². The molecule has 0 unspecified atom stereocenters. The van der Waals surface area contributed by atoms with Crippen LogP contribution in [0.2, 0.25) is 5.15 Å². The van der Waals surface area contributed by atoms with E-state index in [0.717, 1.165) is 12.6 Å². The van der Waals surface area contributed by atoms with Crippen LogP contribution >= 0.6 is 11.6 Å². The topological polar surface area (TPSA) is 88.2 Å². The van der Waals surface area contributed by atoms with Crippen molar-refractivity contribution in [2.45, 2.75) is 18.2 Å². The van der Waals surface area contributed by atoms with Crippen LogP contribution in [0.15, 0.2) is 47.5 Å². The summed E-state index contributed by atoms with van der Waals surface area (Å²) in [5.41, 5.74) is 0.461. The molecule has 2 rings (SSSR count). The Bertz CT molecular complexity index is 792. The Kier molecular flexibility index (Phi) is 5.57. The molecule has 6 nitrogen and oxygen atoms in total. The van der Waals surface area contributed by atoms with Gasteiger partial charge in [0.15, 0.2) is 0 Å². The fourth-order valence-electron chi connectivity index (χ4n) is 1.83. The Morgan fingerprint density at radius 2 is 1.96 bits per heavy atom. The highest BCUT2D eigenvalue weighted by atomic mass is 35.5. The average Bonchev–Trinajstić information content (AvgIpc) is 2.53. The first-order valence-corrected chi connectivity index (χ1v) is 8.81. The third-order valence-electron chi connectivity index (χ3n) is 2.96. The molecule has 8 heteroatoms. The van der Waals surface area contributed by atoms with Crippen molar-refractivity contribution < 1.29 is 13.2 Å². The first kappa shape index (κ1) is 17.2. The Morgan fingerprint density at radius 1 is 1.22 bits per heavy atom. The van der Waals surface area contributed by atoms with Gasteiger partial charge in [0, 0.05) is 12.7 Å². The van der Waals surface area contributed by atoms with Crippen LogP contribution in [0.4, 0.5) is 5.69 Å². The second-order valence-electron chi connectivity index (χ2n) is 4.72. The zero-order chi connectivity index (χ0) is 16.9. The van der Waals surface area contributed by atoms with E-state index in [2.05, 4.69) is 15.0 Å². The van der Waals surface area contributed by atoms with Crippen LogP contribution in [-0.2, 0) is 10.0 Å². The van der Waals surface area contributed by atoms with E-state index in [1.54, 1.807) is 18.2 Å². The zero-order valence-electron chi connectivity index (χ0n) is 12.4. The van der Waals surface area contributed by atoms with Gasteiger partial charge in [-0.2, -0.15) is 0 Å². The monoisotopic (exact) mass is 353 g/mol. The van der Waals surface area contributed by atoms with Crippen molar-refractivity contribution in [2.24, 2.45) is 0 Å². The van der Waals surface area contributed by atoms with Crippen LogP contribution < -0.4 is 10.0 Å². The molecule has 1 aromatic carbocycles. The molecule has 122 valence electrons. The first-order chi connectivity index (χ1) is 10.9. The van der Waals surface area contributed by atoms with Crippen LogP contribution in [0.1, 0.15) is 23.7 Å². The summed E-state index contributed by atoms with van der Waals surface area (Å²) in [6.07, 6.45) is 1.94. The SMILES string of the molecule is CCCNC(=O)c1ccccc1NS(=O)(=O)c1ccc(Cl)nc1. The van der Waals surface area contributed by atoms with E-state index in [0.29, 0.717) is 6.54 Å². The number of pyridine rings is 1. The summed E-state index contributed by atoms with van der Waals surface area (Å²) >= 11 is 5.66. The lowest BCUT2D eigenvalue weighted by atomic mass is 10.1. The number of nitrogens with zero attached hydrogens (tertiary/aromatic N) is 1. The van der Waals surface area contributed by atoms with Crippen molar-refractivity contribution >= 4 is 33.2 Å². The number of aromatic nitrogens is 1. The molecule has 1 aromatic heterocycles. The molecule has 0 saturated carbocycles. The molecule has 0 aliphatic heterocycles. The Hall–Kier alpha value is -2.12. The predicted octanol–water partition coefficient (Wildman–Crippen LogP) is 2.68. The molecular formula is C15H16ClN3O3S. The molecule has 0 radical (unpaired) electrons. The number of carbonyl (C=O) groups excluding carboxylic acids is 1. The maximum absolute atomic E-state index is 12.4. The Balaban J connectivity index is 2.29. The van der Waals surface area contributed by atoms with Gasteiger partial charge in [0.1, 0.15) is 10.0 Å². The first-order valence-electron chi connectivity index (χ1n) is 6.95. The molecule has 0 spiro atoms. The molecule has 0 atom stereocenters. The lowest BCUT2D eigenvalue weighted by molar-refractivity contribution is 0.0954. The maximum Gasteiger partial charge on any atom is 0.263 e. The van der Waals surface area contributed by atoms with Crippen LogP contribution in [0.3, 0.4) is 0 Å². The number of carbonyl (C=O) groups is 1. The van der Waals surface area contributed by atoms with Gasteiger partial charge in [0.05, 0.1) is 11.3 Å². The summed E-state index contributed by atoms with van der Waals surface area (Å²) in [6, 6.07) is 9.13. The van der Waals surface area contributed by atoms with E-state index in [1.165, 1.54) is 18.2 Å². The minimum Gasteiger partial charge on any atom is -0.352 e. The average molecular weight is 354 g/mol. The minimum absolute atomic E-state index is 0.0364. The lowest BCUT2D eigenvalue weighted by Crippen LogP contribution is -2.25. The fraction of sp³-hybridized carbons (Fsp3) is 0.200. The van der Waals surface area contributed by atoms with Crippen LogP contribution in [0.25, 0.3) is 0 Å². The van der Waals surface area contributed by atoms with Gasteiger partial charge in [-0.25, -0.2) is 13.4 Å². The van der Waals surface area contributed by atoms with E-state index in [1.807, 2.05) is 6.92 Å². The number of anilines is 1. The molecule has 0 saturated heterocycles. The van der Waals surface area contributed by atoms with E-state index in [-0.39, 0.29) is 27.2 Å². The minimum atomic E-state index is -3.86. The van der Waals surface area contributed by atoms with Gasteiger partial charge < -0.3 is 5.32 Å². The van der Waals surface area contributed by atoms with Gasteiger partial charge >= 0.3 is 0 Å². The van der Waals surface area contributed by atoms with E-state index in [4.69, 9.17) is 11.6 Å². The van der Waals surface area contributed by atoms with Crippen molar-refractivity contribution in [1.29, 1.82) is 0 Å². The Labute approximate surface area is 139 Å². The maximum atomic E-state index is 12.4. The molecule has 1 heterocycles. The summed E-state index contributed by atoms with van der Waals surface area (Å²) in [5, 5.41) is 2.92. The molecule has 0 bridgehead atoms. The highest BCUT2D eigenvalue weighted by Crippen LogP contribution is 2.20. The number of amides is 1. The lowest BCUT2D eigenvalue weighted by Gasteiger charge is -2.12. The van der Waals surface area contributed by atoms with Crippen LogP contribution in [-0.4, -0.2) is 25.9 Å². The van der Waals surface area contributed by atoms with E-state index in [9.17, 15) is 13.2 Å². The number of halogens is 1. The summed E-state index contributed by atoms with van der Waals surface area (Å²) < 4.78 is 27.2. The van der Waals surface area contributed by atoms with Gasteiger partial charge in [-0.1, -0.05) is 30.7 Å². The number of para-hydroxylation sites is 1. The van der Waals surface area contributed by atoms with Gasteiger partial charge in [-0.15, -0.1) is 0 Å². The van der Waals surface area contributed by atoms with Crippen molar-refractivity contribution in [3.8, 4) is 0 Å². The third-order valence-corrected chi connectivity index (χ3v) is 4.54. The number of benzene rings is 1. The number of sulfonamides is 1. The third kappa shape index (κ3) is 4.43. The smallest absolute Gasteiger partial charge is 0.263 e. The normalized spacial score (nSPS) is 11.0. The highest BCUT2D eigenvalue weighted by Gasteiger charge is 2.18. The summed E-state index contributed by atoms with van der Waals surface area (Å²) in [6.45, 7) is 2.45. The number of nitrogens with one attached hydrogen (secondary N) is 2. The van der Waals surface area contributed by atoms with Gasteiger partial charge in [0.25, 0.3) is 15.9 Å². The van der Waals surface area contributed by atoms with Crippen molar-refractivity contribution in [3.05, 3.63) is 53.3 Å². The standard InChI is InChI=1S/C15H16ClN3O3S/c1-2-9-17-15(20)12-5-3-4-6-13(12)19-23(21,22)11-7-8-14(16)18-10-11/h3-8,10,19H,2,9H2,1H3,(H,17,20). The number of hydrogen-bond acceptors (Lipinski definition) is 4. The van der Waals surface area contributed by atoms with Crippen LogP contribution in [0, 0.1) is 0 Å². The van der Waals surface area contributed by atoms with Crippen molar-refractivity contribution in [3.63, 3.8) is 0 Å². The highest BCUT2D eigenvalue weighted by molar-refractivity contribution is 7.92. The molecular weight excluding hydrogens is 338 g/mol. The summed E-state index contributed by atoms with van der Waals surface area (Å²) in [5.74, 6) is -0.334. The Morgan fingerprint density at radius 3 is 2.61 bits per heavy atom. The molecule has 2 N–H and O–H groups in total. The van der Waals surface area contributed by atoms with E-state index < -0.39 is 10.0 Å². The molecule has 23 heavy (non-hydrogen) atoms. The second-order valence-corrected chi connectivity index (χ2v) is 6.79. The predicted molar refractivity (Wildman–Crippen MR) is 89.1 cm³/mol. The van der Waals surface area contributed by atoms with Crippen molar-refractivity contribution in [2.75, 3.05) is 11.3 Å². The molecule has 2 aromatic rings. The largest absolute Gasteiger partial charge is 0.352 e. The molecule has 0 aliphatic rings. The van der Waals surface area contributed by atoms with Gasteiger partial charge in [0.2, 0.25) is 0 Å². The van der Waals surface area contributed by atoms with Crippen LogP contribution in [0.5, 0.6) is 0 Å². The summed E-state index contributed by atoms with van der Waals surface area (Å²) in [4.78, 5) is 15.8. The molecule has 0 fully saturated rings. The summed E-state index contributed by atoms with van der Waals surface area (Å²) in [7, 11) is -3.86. The fourth-order valence-corrected chi connectivity index (χ4v) is 2.96. The second kappa shape index (κ2) is 7.43.